The number of aromatic nitrogens is 2. The van der Waals surface area contributed by atoms with Gasteiger partial charge in [0.1, 0.15) is 6.61 Å². The molecule has 28 heavy (non-hydrogen) atoms. The molecular formula is C19H25F3N4O2. The maximum atomic E-state index is 12.3. The van der Waals surface area contributed by atoms with Crippen LogP contribution in [-0.2, 0) is 11.2 Å². The number of hydrogen-bond acceptors (Lipinski definition) is 5. The first-order chi connectivity index (χ1) is 13.2. The minimum absolute atomic E-state index is 0.0768. The summed E-state index contributed by atoms with van der Waals surface area (Å²) >= 11 is 0. The molecule has 3 N–H and O–H groups in total. The molecule has 6 nitrogen and oxygen atoms in total. The normalized spacial score (nSPS) is 31.6. The van der Waals surface area contributed by atoms with E-state index in [0.717, 1.165) is 12.3 Å². The van der Waals surface area contributed by atoms with Crippen LogP contribution in [0.5, 0.6) is 0 Å². The van der Waals surface area contributed by atoms with E-state index >= 15 is 0 Å². The molecule has 9 heteroatoms. The third-order valence-corrected chi connectivity index (χ3v) is 6.33. The van der Waals surface area contributed by atoms with Crippen LogP contribution in [0.1, 0.15) is 61.0 Å². The van der Waals surface area contributed by atoms with Gasteiger partial charge in [-0.05, 0) is 62.7 Å². The van der Waals surface area contributed by atoms with Gasteiger partial charge in [-0.15, -0.1) is 0 Å². The predicted octanol–water partition coefficient (Wildman–Crippen LogP) is 3.22. The number of primary amides is 1. The molecule has 4 aliphatic carbocycles. The maximum absolute atomic E-state index is 12.3. The SMILES string of the molecule is NC(=O)c1cnc(NC2CCC(OCC(F)(F)F)CC2)nc1CC12CC(C1)C2. The Morgan fingerprint density at radius 1 is 1.25 bits per heavy atom. The molecule has 1 aromatic rings. The largest absolute Gasteiger partial charge is 0.411 e. The molecule has 4 aliphatic rings. The van der Waals surface area contributed by atoms with Gasteiger partial charge >= 0.3 is 6.18 Å². The number of ether oxygens (including phenoxy) is 1. The summed E-state index contributed by atoms with van der Waals surface area (Å²) in [6, 6.07) is 0.0768. The van der Waals surface area contributed by atoms with Crippen LogP contribution in [0.25, 0.3) is 0 Å². The molecule has 0 aromatic carbocycles. The number of halogens is 3. The first-order valence-electron chi connectivity index (χ1n) is 9.82. The van der Waals surface area contributed by atoms with Crippen molar-refractivity contribution >= 4 is 11.9 Å². The number of rotatable bonds is 7. The van der Waals surface area contributed by atoms with Crippen molar-refractivity contribution in [3.63, 3.8) is 0 Å². The zero-order chi connectivity index (χ0) is 19.9. The highest BCUT2D eigenvalue weighted by Gasteiger charge is 2.56. The summed E-state index contributed by atoms with van der Waals surface area (Å²) in [7, 11) is 0. The van der Waals surface area contributed by atoms with Gasteiger partial charge in [0.05, 0.1) is 17.4 Å². The van der Waals surface area contributed by atoms with Gasteiger partial charge in [0.2, 0.25) is 5.95 Å². The number of hydrogen-bond donors (Lipinski definition) is 2. The van der Waals surface area contributed by atoms with E-state index < -0.39 is 18.7 Å². The van der Waals surface area contributed by atoms with E-state index in [1.54, 1.807) is 0 Å². The third kappa shape index (κ3) is 4.24. The van der Waals surface area contributed by atoms with Crippen molar-refractivity contribution in [2.75, 3.05) is 11.9 Å². The van der Waals surface area contributed by atoms with Crippen molar-refractivity contribution in [2.24, 2.45) is 17.1 Å². The van der Waals surface area contributed by atoms with Gasteiger partial charge in [0, 0.05) is 12.2 Å². The van der Waals surface area contributed by atoms with Crippen LogP contribution in [0.15, 0.2) is 6.20 Å². The van der Waals surface area contributed by atoms with E-state index in [2.05, 4.69) is 15.3 Å². The Morgan fingerprint density at radius 2 is 1.93 bits per heavy atom. The lowest BCUT2D eigenvalue weighted by atomic mass is 9.43. The molecule has 0 unspecified atom stereocenters. The number of nitrogens with two attached hydrogens (primary N) is 1. The van der Waals surface area contributed by atoms with Crippen LogP contribution in [0.3, 0.4) is 0 Å². The Balaban J connectivity index is 1.34. The van der Waals surface area contributed by atoms with Crippen molar-refractivity contribution in [3.05, 3.63) is 17.5 Å². The fourth-order valence-corrected chi connectivity index (χ4v) is 4.83. The van der Waals surface area contributed by atoms with E-state index in [1.165, 1.54) is 25.5 Å². The molecular weight excluding hydrogens is 373 g/mol. The standard InChI is InChI=1S/C19H25F3N4O2/c20-19(21,22)10-28-13-3-1-12(2-4-13)25-17-24-9-14(16(23)27)15(26-17)8-18-5-11(6-18)7-18/h9,11-13H,1-8,10H2,(H2,23,27)(H,24,25,26). The van der Waals surface area contributed by atoms with E-state index in [-0.39, 0.29) is 17.6 Å². The summed E-state index contributed by atoms with van der Waals surface area (Å²) in [5.41, 5.74) is 6.84. The Morgan fingerprint density at radius 3 is 2.46 bits per heavy atom. The molecule has 0 spiro atoms. The molecule has 4 fully saturated rings. The molecule has 1 aromatic heterocycles. The Hall–Kier alpha value is -1.90. The molecule has 0 saturated heterocycles. The predicted molar refractivity (Wildman–Crippen MR) is 95.7 cm³/mol. The zero-order valence-electron chi connectivity index (χ0n) is 15.6. The van der Waals surface area contributed by atoms with Gasteiger partial charge in [0.25, 0.3) is 5.91 Å². The average Bonchev–Trinajstić information content (AvgIpc) is 2.56. The second-order valence-corrected chi connectivity index (χ2v) is 8.62. The Bertz CT molecular complexity index is 730. The lowest BCUT2D eigenvalue weighted by molar-refractivity contribution is -0.187. The summed E-state index contributed by atoms with van der Waals surface area (Å²) < 4.78 is 41.7. The minimum Gasteiger partial charge on any atom is -0.369 e. The van der Waals surface area contributed by atoms with Crippen LogP contribution in [0.4, 0.5) is 19.1 Å². The maximum Gasteiger partial charge on any atom is 0.411 e. The number of anilines is 1. The summed E-state index contributed by atoms with van der Waals surface area (Å²) in [6.45, 7) is -1.20. The highest BCUT2D eigenvalue weighted by Crippen LogP contribution is 2.65. The first kappa shape index (κ1) is 19.4. The van der Waals surface area contributed by atoms with Crippen molar-refractivity contribution < 1.29 is 22.7 Å². The molecule has 1 amide bonds. The molecule has 2 bridgehead atoms. The molecule has 4 saturated carbocycles. The summed E-state index contributed by atoms with van der Waals surface area (Å²) in [6.07, 6.45) is 3.65. The fraction of sp³-hybridized carbons (Fsp3) is 0.737. The monoisotopic (exact) mass is 398 g/mol. The quantitative estimate of drug-likeness (QED) is 0.736. The molecule has 0 radical (unpaired) electrons. The van der Waals surface area contributed by atoms with Crippen LogP contribution < -0.4 is 11.1 Å². The van der Waals surface area contributed by atoms with Crippen molar-refractivity contribution in [2.45, 2.75) is 69.7 Å². The average molecular weight is 398 g/mol. The highest BCUT2D eigenvalue weighted by molar-refractivity contribution is 5.93. The number of amides is 1. The Kier molecular flexibility index (Phi) is 4.97. The van der Waals surface area contributed by atoms with E-state index in [9.17, 15) is 18.0 Å². The number of nitrogens with one attached hydrogen (secondary N) is 1. The van der Waals surface area contributed by atoms with Gasteiger partial charge in [-0.25, -0.2) is 9.97 Å². The number of carbonyl (C=O) groups excluding carboxylic acids is 1. The number of carbonyl (C=O) groups is 1. The van der Waals surface area contributed by atoms with Crippen molar-refractivity contribution in [1.82, 2.24) is 9.97 Å². The molecule has 5 rings (SSSR count). The molecule has 0 atom stereocenters. The smallest absolute Gasteiger partial charge is 0.369 e. The van der Waals surface area contributed by atoms with E-state index in [1.807, 2.05) is 0 Å². The van der Waals surface area contributed by atoms with E-state index in [0.29, 0.717) is 42.9 Å². The fourth-order valence-electron chi connectivity index (χ4n) is 4.83. The van der Waals surface area contributed by atoms with Crippen LogP contribution in [0.2, 0.25) is 0 Å². The lowest BCUT2D eigenvalue weighted by Crippen LogP contribution is -2.53. The van der Waals surface area contributed by atoms with Gasteiger partial charge in [0.15, 0.2) is 0 Å². The van der Waals surface area contributed by atoms with Gasteiger partial charge in [-0.1, -0.05) is 0 Å². The zero-order valence-corrected chi connectivity index (χ0v) is 15.6. The molecule has 1 heterocycles. The molecule has 154 valence electrons. The first-order valence-corrected chi connectivity index (χ1v) is 9.82. The molecule has 0 aliphatic heterocycles. The summed E-state index contributed by atoms with van der Waals surface area (Å²) in [5, 5.41) is 3.26. The van der Waals surface area contributed by atoms with Crippen LogP contribution in [-0.4, -0.2) is 40.8 Å². The summed E-state index contributed by atoms with van der Waals surface area (Å²) in [4.78, 5) is 20.5. The second-order valence-electron chi connectivity index (χ2n) is 8.62. The Labute approximate surface area is 161 Å². The van der Waals surface area contributed by atoms with Crippen molar-refractivity contribution in [3.8, 4) is 0 Å². The minimum atomic E-state index is -4.29. The van der Waals surface area contributed by atoms with Crippen LogP contribution in [0, 0.1) is 11.3 Å². The number of nitrogens with zero attached hydrogens (tertiary/aromatic N) is 2. The highest BCUT2D eigenvalue weighted by atomic mass is 19.4. The lowest BCUT2D eigenvalue weighted by Gasteiger charge is -2.62. The second kappa shape index (κ2) is 7.17. The summed E-state index contributed by atoms with van der Waals surface area (Å²) in [5.74, 6) is 0.771. The van der Waals surface area contributed by atoms with Gasteiger partial charge in [-0.3, -0.25) is 4.79 Å². The van der Waals surface area contributed by atoms with Crippen LogP contribution >= 0.6 is 0 Å². The third-order valence-electron chi connectivity index (χ3n) is 6.33. The van der Waals surface area contributed by atoms with E-state index in [4.69, 9.17) is 10.5 Å². The number of alkyl halides is 3. The van der Waals surface area contributed by atoms with Gasteiger partial charge in [-0.2, -0.15) is 13.2 Å². The topological polar surface area (TPSA) is 90.1 Å². The van der Waals surface area contributed by atoms with Crippen molar-refractivity contribution in [1.29, 1.82) is 0 Å². The van der Waals surface area contributed by atoms with Gasteiger partial charge < -0.3 is 15.8 Å².